The van der Waals surface area contributed by atoms with Crippen LogP contribution in [0.5, 0.6) is 5.75 Å². The monoisotopic (exact) mass is 399 g/mol. The van der Waals surface area contributed by atoms with Gasteiger partial charge in [0.1, 0.15) is 5.75 Å². The van der Waals surface area contributed by atoms with Crippen LogP contribution in [0.25, 0.3) is 11.4 Å². The van der Waals surface area contributed by atoms with Crippen LogP contribution in [0.2, 0.25) is 0 Å². The molecule has 0 radical (unpaired) electrons. The van der Waals surface area contributed by atoms with Crippen molar-refractivity contribution in [2.45, 2.75) is 56.5 Å². The highest BCUT2D eigenvalue weighted by Gasteiger charge is 2.22. The molecule has 0 saturated carbocycles. The van der Waals surface area contributed by atoms with Gasteiger partial charge in [-0.25, -0.2) is 0 Å². The fraction of sp³-hybridized carbons (Fsp3) is 0.429. The highest BCUT2D eigenvalue weighted by atomic mass is 32.2. The first kappa shape index (κ1) is 18.6. The molecular weight excluding hydrogens is 374 g/mol. The summed E-state index contributed by atoms with van der Waals surface area (Å²) < 4.78 is 7.64. The van der Waals surface area contributed by atoms with Crippen molar-refractivity contribution in [1.29, 1.82) is 0 Å². The lowest BCUT2D eigenvalue weighted by molar-refractivity contribution is 0.414. The molecule has 0 atom stereocenters. The van der Waals surface area contributed by atoms with Gasteiger partial charge in [-0.2, -0.15) is 0 Å². The summed E-state index contributed by atoms with van der Waals surface area (Å²) in [5.74, 6) is 2.80. The second kappa shape index (κ2) is 8.48. The van der Waals surface area contributed by atoms with E-state index in [2.05, 4.69) is 39.2 Å². The molecule has 0 N–H and O–H groups in total. The molecule has 0 amide bonds. The molecule has 0 aliphatic heterocycles. The number of hydrogen-bond acceptors (Lipinski definition) is 5. The Morgan fingerprint density at radius 1 is 1.22 bits per heavy atom. The fourth-order valence-corrected chi connectivity index (χ4v) is 5.64. The van der Waals surface area contributed by atoms with Gasteiger partial charge in [0.25, 0.3) is 0 Å². The Morgan fingerprint density at radius 2 is 2.11 bits per heavy atom. The molecule has 6 heteroatoms. The van der Waals surface area contributed by atoms with Crippen LogP contribution in [-0.2, 0) is 25.1 Å². The molecular formula is C21H25N3OS2. The minimum atomic E-state index is 0.862. The van der Waals surface area contributed by atoms with Crippen LogP contribution in [0.1, 0.15) is 42.2 Å². The number of thioether (sulfide) groups is 1. The average molecular weight is 400 g/mol. The first-order valence-electron chi connectivity index (χ1n) is 9.58. The number of rotatable bonds is 7. The lowest BCUT2D eigenvalue weighted by atomic mass is 9.95. The summed E-state index contributed by atoms with van der Waals surface area (Å²) in [6.45, 7) is 3.16. The van der Waals surface area contributed by atoms with E-state index >= 15 is 0 Å². The minimum absolute atomic E-state index is 0.862. The molecule has 3 aromatic rings. The zero-order chi connectivity index (χ0) is 18.6. The Labute approximate surface area is 169 Å². The van der Waals surface area contributed by atoms with E-state index in [0.29, 0.717) is 0 Å². The van der Waals surface area contributed by atoms with Crippen LogP contribution in [0.15, 0.2) is 34.8 Å². The van der Waals surface area contributed by atoms with Crippen LogP contribution < -0.4 is 4.74 Å². The van der Waals surface area contributed by atoms with Crippen LogP contribution in [0, 0.1) is 0 Å². The number of aromatic nitrogens is 3. The van der Waals surface area contributed by atoms with Crippen molar-refractivity contribution in [2.24, 2.45) is 0 Å². The predicted molar refractivity (Wildman–Crippen MR) is 113 cm³/mol. The van der Waals surface area contributed by atoms with E-state index < -0.39 is 0 Å². The van der Waals surface area contributed by atoms with E-state index in [1.54, 1.807) is 23.7 Å². The second-order valence-corrected chi connectivity index (χ2v) is 8.76. The zero-order valence-electron chi connectivity index (χ0n) is 15.9. The van der Waals surface area contributed by atoms with Crippen LogP contribution in [0.3, 0.4) is 0 Å². The van der Waals surface area contributed by atoms with Crippen molar-refractivity contribution in [3.63, 3.8) is 0 Å². The first-order valence-corrected chi connectivity index (χ1v) is 11.4. The SMILES string of the molecule is CCCn1c(SCc2cccc(OC)c2)nnc1-c1csc2c1CCCC2. The van der Waals surface area contributed by atoms with Crippen molar-refractivity contribution in [3.8, 4) is 17.1 Å². The van der Waals surface area contributed by atoms with Crippen LogP contribution >= 0.6 is 23.1 Å². The molecule has 2 heterocycles. The van der Waals surface area contributed by atoms with Crippen molar-refractivity contribution in [2.75, 3.05) is 7.11 Å². The highest BCUT2D eigenvalue weighted by molar-refractivity contribution is 7.98. The number of nitrogens with zero attached hydrogens (tertiary/aromatic N) is 3. The molecule has 1 aliphatic rings. The number of methoxy groups -OCH3 is 1. The fourth-order valence-electron chi connectivity index (χ4n) is 3.61. The van der Waals surface area contributed by atoms with Crippen LogP contribution in [0.4, 0.5) is 0 Å². The summed E-state index contributed by atoms with van der Waals surface area (Å²) >= 11 is 3.65. The third-order valence-electron chi connectivity index (χ3n) is 4.97. The largest absolute Gasteiger partial charge is 0.497 e. The molecule has 4 rings (SSSR count). The van der Waals surface area contributed by atoms with Gasteiger partial charge in [0.2, 0.25) is 0 Å². The maximum atomic E-state index is 5.33. The first-order chi connectivity index (χ1) is 13.3. The summed E-state index contributed by atoms with van der Waals surface area (Å²) in [5.41, 5.74) is 4.06. The number of hydrogen-bond donors (Lipinski definition) is 0. The van der Waals surface area contributed by atoms with Crippen molar-refractivity contribution in [1.82, 2.24) is 14.8 Å². The van der Waals surface area contributed by atoms with Crippen molar-refractivity contribution in [3.05, 3.63) is 45.6 Å². The Balaban J connectivity index is 1.60. The summed E-state index contributed by atoms with van der Waals surface area (Å²) in [4.78, 5) is 1.55. The molecule has 1 aliphatic carbocycles. The topological polar surface area (TPSA) is 39.9 Å². The third kappa shape index (κ3) is 3.92. The van der Waals surface area contributed by atoms with Crippen molar-refractivity contribution >= 4 is 23.1 Å². The molecule has 0 unspecified atom stereocenters. The normalized spacial score (nSPS) is 13.6. The van der Waals surface area contributed by atoms with Gasteiger partial charge in [-0.05, 0) is 55.4 Å². The molecule has 0 bridgehead atoms. The predicted octanol–water partition coefficient (Wildman–Crippen LogP) is 5.60. The summed E-state index contributed by atoms with van der Waals surface area (Å²) in [6.07, 6.45) is 6.08. The molecule has 1 aromatic carbocycles. The number of benzene rings is 1. The molecule has 27 heavy (non-hydrogen) atoms. The summed E-state index contributed by atoms with van der Waals surface area (Å²) in [7, 11) is 1.71. The van der Waals surface area contributed by atoms with E-state index in [0.717, 1.165) is 35.4 Å². The van der Waals surface area contributed by atoms with E-state index in [1.165, 1.54) is 42.4 Å². The quantitative estimate of drug-likeness (QED) is 0.485. The van der Waals surface area contributed by atoms with Gasteiger partial charge in [-0.3, -0.25) is 0 Å². The molecule has 0 fully saturated rings. The van der Waals surface area contributed by atoms with Gasteiger partial charge in [0.15, 0.2) is 11.0 Å². The smallest absolute Gasteiger partial charge is 0.191 e. The molecule has 4 nitrogen and oxygen atoms in total. The maximum Gasteiger partial charge on any atom is 0.191 e. The number of ether oxygens (including phenoxy) is 1. The van der Waals surface area contributed by atoms with Gasteiger partial charge >= 0.3 is 0 Å². The summed E-state index contributed by atoms with van der Waals surface area (Å²) in [5, 5.41) is 12.5. The third-order valence-corrected chi connectivity index (χ3v) is 7.09. The molecule has 2 aromatic heterocycles. The van der Waals surface area contributed by atoms with E-state index in [4.69, 9.17) is 4.74 Å². The van der Waals surface area contributed by atoms with Gasteiger partial charge in [-0.15, -0.1) is 21.5 Å². The van der Waals surface area contributed by atoms with Gasteiger partial charge in [-0.1, -0.05) is 30.8 Å². The lowest BCUT2D eigenvalue weighted by Gasteiger charge is -2.13. The zero-order valence-corrected chi connectivity index (χ0v) is 17.5. The van der Waals surface area contributed by atoms with Gasteiger partial charge in [0.05, 0.1) is 7.11 Å². The lowest BCUT2D eigenvalue weighted by Crippen LogP contribution is -2.05. The van der Waals surface area contributed by atoms with Crippen molar-refractivity contribution < 1.29 is 4.74 Å². The Morgan fingerprint density at radius 3 is 2.96 bits per heavy atom. The Hall–Kier alpha value is -1.79. The number of thiophene rings is 1. The second-order valence-electron chi connectivity index (χ2n) is 6.86. The van der Waals surface area contributed by atoms with E-state index in [-0.39, 0.29) is 0 Å². The summed E-state index contributed by atoms with van der Waals surface area (Å²) in [6, 6.07) is 8.23. The Bertz CT molecular complexity index is 916. The molecule has 0 spiro atoms. The maximum absolute atomic E-state index is 5.33. The van der Waals surface area contributed by atoms with Crippen LogP contribution in [-0.4, -0.2) is 21.9 Å². The van der Waals surface area contributed by atoms with E-state index in [1.807, 2.05) is 23.5 Å². The van der Waals surface area contributed by atoms with Gasteiger partial charge in [0, 0.05) is 28.1 Å². The van der Waals surface area contributed by atoms with E-state index in [9.17, 15) is 0 Å². The van der Waals surface area contributed by atoms with Gasteiger partial charge < -0.3 is 9.30 Å². The highest BCUT2D eigenvalue weighted by Crippen LogP contribution is 2.37. The minimum Gasteiger partial charge on any atom is -0.497 e. The number of fused-ring (bicyclic) bond motifs is 1. The Kier molecular flexibility index (Phi) is 5.83. The standard InChI is InChI=1S/C21H25N3OS2/c1-3-11-24-20(18-14-26-19-10-5-4-9-17(18)19)22-23-21(24)27-13-15-7-6-8-16(12-15)25-2/h6-8,12,14H,3-5,9-11,13H2,1-2H3. The average Bonchev–Trinajstić information content (AvgIpc) is 3.31. The molecule has 142 valence electrons. The number of aryl methyl sites for hydroxylation is 1. The molecule has 0 saturated heterocycles.